The number of benzene rings is 2. The normalized spacial score (nSPS) is 20.6. The molecule has 1 amide bonds. The van der Waals surface area contributed by atoms with Gasteiger partial charge in [-0.1, -0.05) is 69.5 Å². The van der Waals surface area contributed by atoms with Crippen molar-refractivity contribution in [1.82, 2.24) is 9.47 Å². The average Bonchev–Trinajstić information content (AvgIpc) is 2.83. The van der Waals surface area contributed by atoms with Gasteiger partial charge in [-0.3, -0.25) is 14.5 Å². The first kappa shape index (κ1) is 20.1. The molecule has 3 aromatic rings. The van der Waals surface area contributed by atoms with Crippen LogP contribution in [0.4, 0.5) is 0 Å². The fraction of sp³-hybridized carbons (Fsp3) is 0.444. The van der Waals surface area contributed by atoms with E-state index in [1.165, 1.54) is 12.8 Å². The molecule has 3 aliphatic rings. The van der Waals surface area contributed by atoms with E-state index in [0.29, 0.717) is 15.9 Å². The van der Waals surface area contributed by atoms with E-state index in [4.69, 9.17) is 12.2 Å². The molecule has 6 rings (SSSR count). The smallest absolute Gasteiger partial charge is 0.259 e. The lowest BCUT2D eigenvalue weighted by molar-refractivity contribution is 0.0779. The van der Waals surface area contributed by atoms with Gasteiger partial charge in [-0.05, 0) is 37.8 Å². The molecule has 0 bridgehead atoms. The standard InChI is InChI=1S/C27H28N2O2S/c1-16-19-12-13-21-24-22(27(32)29(26(21)31)18-10-6-3-7-11-18)15-14-20(23(19)24)25(30)28(16)17-8-4-2-5-9-17/h12-15,17-18H,1-11H2. The molecule has 0 radical (unpaired) electrons. The predicted molar refractivity (Wildman–Crippen MR) is 133 cm³/mol. The Morgan fingerprint density at radius 1 is 0.750 bits per heavy atom. The van der Waals surface area contributed by atoms with Crippen molar-refractivity contribution in [2.24, 2.45) is 0 Å². The molecule has 5 heteroatoms. The minimum absolute atomic E-state index is 0.00845. The second-order valence-corrected chi connectivity index (χ2v) is 10.1. The molecule has 0 N–H and O–H groups in total. The zero-order valence-corrected chi connectivity index (χ0v) is 19.2. The highest BCUT2D eigenvalue weighted by atomic mass is 32.1. The Morgan fingerprint density at radius 2 is 1.34 bits per heavy atom. The average molecular weight is 445 g/mol. The Kier molecular flexibility index (Phi) is 4.72. The zero-order valence-electron chi connectivity index (χ0n) is 18.4. The topological polar surface area (TPSA) is 42.3 Å². The van der Waals surface area contributed by atoms with Gasteiger partial charge in [-0.15, -0.1) is 0 Å². The maximum absolute atomic E-state index is 13.7. The van der Waals surface area contributed by atoms with Crippen molar-refractivity contribution < 1.29 is 4.79 Å². The second-order valence-electron chi connectivity index (χ2n) is 9.76. The molecule has 2 aromatic carbocycles. The van der Waals surface area contributed by atoms with Crippen molar-refractivity contribution in [2.75, 3.05) is 0 Å². The molecule has 2 saturated carbocycles. The van der Waals surface area contributed by atoms with Crippen molar-refractivity contribution in [2.45, 2.75) is 76.3 Å². The van der Waals surface area contributed by atoms with E-state index in [2.05, 4.69) is 6.58 Å². The van der Waals surface area contributed by atoms with Crippen LogP contribution >= 0.6 is 12.2 Å². The predicted octanol–water partition coefficient (Wildman–Crippen LogP) is 5.25. The minimum atomic E-state index is -0.00845. The van der Waals surface area contributed by atoms with E-state index < -0.39 is 0 Å². The van der Waals surface area contributed by atoms with Crippen LogP contribution in [0.15, 0.2) is 29.1 Å². The van der Waals surface area contributed by atoms with E-state index in [-0.39, 0.29) is 23.6 Å². The lowest BCUT2D eigenvalue weighted by Crippen LogP contribution is -2.47. The fourth-order valence-corrected chi connectivity index (χ4v) is 6.80. The molecule has 1 aromatic heterocycles. The van der Waals surface area contributed by atoms with Gasteiger partial charge in [0, 0.05) is 50.1 Å². The summed E-state index contributed by atoms with van der Waals surface area (Å²) in [5, 5.41) is 4.12. The van der Waals surface area contributed by atoms with Crippen molar-refractivity contribution in [3.8, 4) is 0 Å². The maximum atomic E-state index is 13.7. The highest BCUT2D eigenvalue weighted by Crippen LogP contribution is 2.37. The van der Waals surface area contributed by atoms with Crippen LogP contribution in [-0.2, 0) is 0 Å². The Labute approximate surface area is 192 Å². The summed E-state index contributed by atoms with van der Waals surface area (Å²) in [7, 11) is 0. The maximum Gasteiger partial charge on any atom is 0.259 e. The SMILES string of the molecule is C=c1c2ccc3c4c(ccc(c(=O)n1C1CCCCC1)c42)C(=S)N(C1CCCCC1)C3=O. The number of nitrogens with zero attached hydrogens (tertiary/aromatic N) is 2. The van der Waals surface area contributed by atoms with Gasteiger partial charge in [-0.25, -0.2) is 0 Å². The summed E-state index contributed by atoms with van der Waals surface area (Å²) in [5.74, 6) is -0.00845. The highest BCUT2D eigenvalue weighted by Gasteiger charge is 2.36. The summed E-state index contributed by atoms with van der Waals surface area (Å²) >= 11 is 5.89. The lowest BCUT2D eigenvalue weighted by atomic mass is 9.87. The third-order valence-corrected chi connectivity index (χ3v) is 8.41. The van der Waals surface area contributed by atoms with Gasteiger partial charge in [0.1, 0.15) is 4.99 Å². The molecular weight excluding hydrogens is 416 g/mol. The van der Waals surface area contributed by atoms with Gasteiger partial charge in [0.25, 0.3) is 11.5 Å². The Hall–Kier alpha value is -2.53. The van der Waals surface area contributed by atoms with Gasteiger partial charge < -0.3 is 4.57 Å². The highest BCUT2D eigenvalue weighted by molar-refractivity contribution is 7.80. The summed E-state index contributed by atoms with van der Waals surface area (Å²) in [6.45, 7) is 4.35. The molecule has 0 unspecified atom stereocenters. The summed E-state index contributed by atoms with van der Waals surface area (Å²) in [5.41, 5.74) is 1.60. The summed E-state index contributed by atoms with van der Waals surface area (Å²) in [4.78, 5) is 29.8. The molecule has 0 saturated heterocycles. The van der Waals surface area contributed by atoms with Crippen molar-refractivity contribution in [3.05, 3.63) is 51.1 Å². The molecule has 2 heterocycles. The number of rotatable bonds is 2. The van der Waals surface area contributed by atoms with E-state index in [1.54, 1.807) is 0 Å². The number of carbonyl (C=O) groups is 1. The van der Waals surface area contributed by atoms with E-state index >= 15 is 0 Å². The number of amides is 1. The summed E-state index contributed by atoms with van der Waals surface area (Å²) in [6.07, 6.45) is 11.1. The zero-order chi connectivity index (χ0) is 22.0. The number of aromatic nitrogens is 1. The van der Waals surface area contributed by atoms with Crippen molar-refractivity contribution in [1.29, 1.82) is 0 Å². The lowest BCUT2D eigenvalue weighted by Gasteiger charge is -2.38. The molecule has 32 heavy (non-hydrogen) atoms. The molecule has 2 aliphatic carbocycles. The van der Waals surface area contributed by atoms with Gasteiger partial charge in [-0.2, -0.15) is 0 Å². The van der Waals surface area contributed by atoms with E-state index in [0.717, 1.165) is 78.4 Å². The first-order valence-corrected chi connectivity index (χ1v) is 12.5. The molecular formula is C27H28N2O2S. The monoisotopic (exact) mass is 444 g/mol. The number of carbonyl (C=O) groups excluding carboxylic acids is 1. The number of hydrogen-bond donors (Lipinski definition) is 0. The Morgan fingerprint density at radius 3 is 2.03 bits per heavy atom. The van der Waals surface area contributed by atoms with Crippen molar-refractivity contribution >= 4 is 51.2 Å². The third kappa shape index (κ3) is 2.76. The molecule has 164 valence electrons. The van der Waals surface area contributed by atoms with Crippen LogP contribution in [0.25, 0.3) is 28.1 Å². The third-order valence-electron chi connectivity index (χ3n) is 7.99. The van der Waals surface area contributed by atoms with Crippen LogP contribution in [-0.4, -0.2) is 26.4 Å². The molecule has 0 atom stereocenters. The molecule has 4 nitrogen and oxygen atoms in total. The quantitative estimate of drug-likeness (QED) is 0.507. The van der Waals surface area contributed by atoms with E-state index in [9.17, 15) is 9.59 Å². The van der Waals surface area contributed by atoms with E-state index in [1.807, 2.05) is 33.7 Å². The van der Waals surface area contributed by atoms with Gasteiger partial charge in [0.15, 0.2) is 0 Å². The van der Waals surface area contributed by atoms with Crippen LogP contribution in [0, 0.1) is 0 Å². The number of pyridine rings is 1. The summed E-state index contributed by atoms with van der Waals surface area (Å²) < 4.78 is 1.93. The molecule has 1 aliphatic heterocycles. The molecule has 0 spiro atoms. The van der Waals surface area contributed by atoms with Crippen LogP contribution in [0.1, 0.15) is 86.2 Å². The Balaban J connectivity index is 1.59. The van der Waals surface area contributed by atoms with Crippen molar-refractivity contribution in [3.63, 3.8) is 0 Å². The fourth-order valence-electron chi connectivity index (χ4n) is 6.40. The molecule has 2 fully saturated rings. The van der Waals surface area contributed by atoms with Crippen LogP contribution in [0.5, 0.6) is 0 Å². The van der Waals surface area contributed by atoms with Crippen LogP contribution < -0.4 is 10.9 Å². The first-order chi connectivity index (χ1) is 15.6. The minimum Gasteiger partial charge on any atom is -0.305 e. The van der Waals surface area contributed by atoms with Gasteiger partial charge >= 0.3 is 0 Å². The largest absolute Gasteiger partial charge is 0.305 e. The Bertz CT molecular complexity index is 1290. The number of hydrogen-bond acceptors (Lipinski definition) is 3. The van der Waals surface area contributed by atoms with Crippen LogP contribution in [0.2, 0.25) is 0 Å². The second kappa shape index (κ2) is 7.51. The van der Waals surface area contributed by atoms with Gasteiger partial charge in [0.05, 0.1) is 0 Å². The summed E-state index contributed by atoms with van der Waals surface area (Å²) in [6, 6.07) is 8.23. The number of thiocarbonyl (C=S) groups is 1. The van der Waals surface area contributed by atoms with Crippen LogP contribution in [0.3, 0.4) is 0 Å². The first-order valence-electron chi connectivity index (χ1n) is 12.1. The van der Waals surface area contributed by atoms with Gasteiger partial charge in [0.2, 0.25) is 0 Å².